The standard InChI is InChI=1S/C12H16N4O2S/c13-8-10-2-1-3-11-14-15-12(16(10)11)9-4-6-19(17,18)7-5-9/h1-3,9H,4-8,13H2. The first kappa shape index (κ1) is 12.6. The number of fused-ring (bicyclic) bond motifs is 1. The molecule has 0 spiro atoms. The summed E-state index contributed by atoms with van der Waals surface area (Å²) >= 11 is 0. The lowest BCUT2D eigenvalue weighted by molar-refractivity contribution is 0.533. The molecule has 3 rings (SSSR count). The Balaban J connectivity index is 2.02. The zero-order valence-electron chi connectivity index (χ0n) is 10.5. The van der Waals surface area contributed by atoms with E-state index in [-0.39, 0.29) is 17.4 Å². The Morgan fingerprint density at radius 1 is 1.26 bits per heavy atom. The van der Waals surface area contributed by atoms with E-state index < -0.39 is 9.84 Å². The van der Waals surface area contributed by atoms with Crippen molar-refractivity contribution in [3.63, 3.8) is 0 Å². The molecule has 1 aliphatic heterocycles. The normalized spacial score (nSPS) is 19.8. The second-order valence-corrected chi connectivity index (χ2v) is 7.20. The minimum atomic E-state index is -2.86. The van der Waals surface area contributed by atoms with Crippen LogP contribution in [0.5, 0.6) is 0 Å². The minimum absolute atomic E-state index is 0.145. The van der Waals surface area contributed by atoms with Crippen LogP contribution < -0.4 is 5.73 Å². The van der Waals surface area contributed by atoms with Crippen LogP contribution in [-0.4, -0.2) is 34.5 Å². The molecule has 19 heavy (non-hydrogen) atoms. The zero-order valence-corrected chi connectivity index (χ0v) is 11.3. The average Bonchev–Trinajstić information content (AvgIpc) is 2.82. The highest BCUT2D eigenvalue weighted by atomic mass is 32.2. The molecule has 0 aliphatic carbocycles. The van der Waals surface area contributed by atoms with Crippen molar-refractivity contribution in [1.29, 1.82) is 0 Å². The lowest BCUT2D eigenvalue weighted by atomic mass is 10.0. The summed E-state index contributed by atoms with van der Waals surface area (Å²) in [6.45, 7) is 0.410. The average molecular weight is 280 g/mol. The van der Waals surface area contributed by atoms with Crippen LogP contribution in [-0.2, 0) is 16.4 Å². The van der Waals surface area contributed by atoms with Crippen LogP contribution >= 0.6 is 0 Å². The summed E-state index contributed by atoms with van der Waals surface area (Å²) in [7, 11) is -2.86. The van der Waals surface area contributed by atoms with Gasteiger partial charge in [-0.2, -0.15) is 0 Å². The molecule has 0 amide bonds. The first-order chi connectivity index (χ1) is 9.11. The highest BCUT2D eigenvalue weighted by Gasteiger charge is 2.28. The number of nitrogens with two attached hydrogens (primary N) is 1. The maximum atomic E-state index is 11.5. The van der Waals surface area contributed by atoms with Gasteiger partial charge in [-0.05, 0) is 25.0 Å². The third-order valence-electron chi connectivity index (χ3n) is 3.66. The number of rotatable bonds is 2. The van der Waals surface area contributed by atoms with E-state index >= 15 is 0 Å². The Kier molecular flexibility index (Phi) is 3.02. The topological polar surface area (TPSA) is 90.3 Å². The highest BCUT2D eigenvalue weighted by Crippen LogP contribution is 2.28. The van der Waals surface area contributed by atoms with Gasteiger partial charge < -0.3 is 5.73 Å². The molecule has 1 saturated heterocycles. The molecule has 102 valence electrons. The number of pyridine rings is 1. The molecule has 0 radical (unpaired) electrons. The Labute approximate surface area is 111 Å². The van der Waals surface area contributed by atoms with Gasteiger partial charge in [0.2, 0.25) is 0 Å². The lowest BCUT2D eigenvalue weighted by Crippen LogP contribution is -2.23. The number of nitrogens with zero attached hydrogens (tertiary/aromatic N) is 3. The third kappa shape index (κ3) is 2.23. The van der Waals surface area contributed by atoms with Gasteiger partial charge in [0, 0.05) is 18.2 Å². The number of aromatic nitrogens is 3. The first-order valence-corrected chi connectivity index (χ1v) is 8.16. The van der Waals surface area contributed by atoms with E-state index in [4.69, 9.17) is 5.73 Å². The number of hydrogen-bond donors (Lipinski definition) is 1. The quantitative estimate of drug-likeness (QED) is 0.864. The molecule has 1 aliphatic rings. The number of sulfone groups is 1. The summed E-state index contributed by atoms with van der Waals surface area (Å²) in [5, 5.41) is 8.38. The van der Waals surface area contributed by atoms with Crippen molar-refractivity contribution in [2.24, 2.45) is 5.73 Å². The molecule has 2 aromatic rings. The van der Waals surface area contributed by atoms with Gasteiger partial charge >= 0.3 is 0 Å². The fourth-order valence-electron chi connectivity index (χ4n) is 2.60. The van der Waals surface area contributed by atoms with Crippen LogP contribution in [0.15, 0.2) is 18.2 Å². The minimum Gasteiger partial charge on any atom is -0.325 e. The zero-order chi connectivity index (χ0) is 13.5. The molecule has 2 aromatic heterocycles. The van der Waals surface area contributed by atoms with E-state index in [1.54, 1.807) is 0 Å². The smallest absolute Gasteiger partial charge is 0.161 e. The Bertz CT molecular complexity index is 694. The van der Waals surface area contributed by atoms with Crippen LogP contribution in [0.1, 0.15) is 30.3 Å². The maximum Gasteiger partial charge on any atom is 0.161 e. The highest BCUT2D eigenvalue weighted by molar-refractivity contribution is 7.91. The monoisotopic (exact) mass is 280 g/mol. The van der Waals surface area contributed by atoms with Crippen molar-refractivity contribution in [2.45, 2.75) is 25.3 Å². The predicted octanol–water partition coefficient (Wildman–Crippen LogP) is 0.480. The molecular formula is C12H16N4O2S. The van der Waals surface area contributed by atoms with Crippen LogP contribution in [0.2, 0.25) is 0 Å². The molecule has 0 saturated carbocycles. The molecule has 7 heteroatoms. The van der Waals surface area contributed by atoms with Gasteiger partial charge in [-0.25, -0.2) is 8.42 Å². The molecule has 0 unspecified atom stereocenters. The van der Waals surface area contributed by atoms with E-state index in [2.05, 4.69) is 10.2 Å². The van der Waals surface area contributed by atoms with E-state index in [9.17, 15) is 8.42 Å². The molecule has 1 fully saturated rings. The summed E-state index contributed by atoms with van der Waals surface area (Å²) in [6, 6.07) is 5.73. The van der Waals surface area contributed by atoms with Crippen molar-refractivity contribution in [1.82, 2.24) is 14.6 Å². The second-order valence-electron chi connectivity index (χ2n) is 4.90. The Hall–Kier alpha value is -1.47. The van der Waals surface area contributed by atoms with Crippen LogP contribution in [0.3, 0.4) is 0 Å². The summed E-state index contributed by atoms with van der Waals surface area (Å²) in [6.07, 6.45) is 1.23. The summed E-state index contributed by atoms with van der Waals surface area (Å²) < 4.78 is 24.9. The Morgan fingerprint density at radius 3 is 2.68 bits per heavy atom. The van der Waals surface area contributed by atoms with Gasteiger partial charge in [-0.3, -0.25) is 4.40 Å². The largest absolute Gasteiger partial charge is 0.325 e. The van der Waals surface area contributed by atoms with E-state index in [0.29, 0.717) is 19.4 Å². The molecule has 0 bridgehead atoms. The van der Waals surface area contributed by atoms with Crippen LogP contribution in [0.25, 0.3) is 5.65 Å². The van der Waals surface area contributed by atoms with Crippen molar-refractivity contribution < 1.29 is 8.42 Å². The summed E-state index contributed by atoms with van der Waals surface area (Å²) in [5.74, 6) is 1.45. The van der Waals surface area contributed by atoms with E-state index in [1.807, 2.05) is 22.6 Å². The molecule has 6 nitrogen and oxygen atoms in total. The molecule has 2 N–H and O–H groups in total. The van der Waals surface area contributed by atoms with Crippen molar-refractivity contribution >= 4 is 15.5 Å². The molecule has 0 atom stereocenters. The molecule has 3 heterocycles. The van der Waals surface area contributed by atoms with E-state index in [0.717, 1.165) is 17.2 Å². The fourth-order valence-corrected chi connectivity index (χ4v) is 4.09. The van der Waals surface area contributed by atoms with Gasteiger partial charge in [0.25, 0.3) is 0 Å². The second kappa shape index (κ2) is 4.57. The molecule has 0 aromatic carbocycles. The predicted molar refractivity (Wildman–Crippen MR) is 71.5 cm³/mol. The van der Waals surface area contributed by atoms with Crippen LogP contribution in [0, 0.1) is 0 Å². The van der Waals surface area contributed by atoms with Gasteiger partial charge in [0.05, 0.1) is 11.5 Å². The van der Waals surface area contributed by atoms with Gasteiger partial charge in [-0.15, -0.1) is 10.2 Å². The van der Waals surface area contributed by atoms with Crippen molar-refractivity contribution in [3.05, 3.63) is 29.7 Å². The fraction of sp³-hybridized carbons (Fsp3) is 0.500. The van der Waals surface area contributed by atoms with Crippen LogP contribution in [0.4, 0.5) is 0 Å². The SMILES string of the molecule is NCc1cccc2nnc(C3CCS(=O)(=O)CC3)n12. The van der Waals surface area contributed by atoms with E-state index in [1.165, 1.54) is 0 Å². The van der Waals surface area contributed by atoms with Gasteiger partial charge in [0.1, 0.15) is 15.7 Å². The van der Waals surface area contributed by atoms with Gasteiger partial charge in [0.15, 0.2) is 5.65 Å². The first-order valence-electron chi connectivity index (χ1n) is 6.34. The maximum absolute atomic E-state index is 11.5. The Morgan fingerprint density at radius 2 is 2.00 bits per heavy atom. The van der Waals surface area contributed by atoms with Crippen molar-refractivity contribution in [2.75, 3.05) is 11.5 Å². The van der Waals surface area contributed by atoms with Crippen molar-refractivity contribution in [3.8, 4) is 0 Å². The van der Waals surface area contributed by atoms with Gasteiger partial charge in [-0.1, -0.05) is 6.07 Å². The molecular weight excluding hydrogens is 264 g/mol. The summed E-state index contributed by atoms with van der Waals surface area (Å²) in [4.78, 5) is 0. The third-order valence-corrected chi connectivity index (χ3v) is 5.38. The summed E-state index contributed by atoms with van der Waals surface area (Å²) in [5.41, 5.74) is 7.46. The lowest BCUT2D eigenvalue weighted by Gasteiger charge is -2.21. The number of hydrogen-bond acceptors (Lipinski definition) is 5.